The predicted molar refractivity (Wildman–Crippen MR) is 127 cm³/mol. The Balaban J connectivity index is 1.67. The van der Waals surface area contributed by atoms with Crippen molar-refractivity contribution in [2.75, 3.05) is 11.9 Å². The molecule has 0 fully saturated rings. The summed E-state index contributed by atoms with van der Waals surface area (Å²) >= 11 is 5.97. The minimum Gasteiger partial charge on any atom is -0.330 e. The van der Waals surface area contributed by atoms with E-state index in [9.17, 15) is 4.79 Å². The van der Waals surface area contributed by atoms with Crippen molar-refractivity contribution in [2.24, 2.45) is 11.7 Å². The molecular formula is C25H25ClN4O. The summed E-state index contributed by atoms with van der Waals surface area (Å²) < 4.78 is 1.97. The lowest BCUT2D eigenvalue weighted by Gasteiger charge is -2.16. The topological polar surface area (TPSA) is 72.9 Å². The molecule has 0 bridgehead atoms. The van der Waals surface area contributed by atoms with Crippen LogP contribution in [0.15, 0.2) is 66.7 Å². The highest BCUT2D eigenvalue weighted by Gasteiger charge is 2.21. The lowest BCUT2D eigenvalue weighted by Crippen LogP contribution is -2.31. The molecule has 6 heteroatoms. The van der Waals surface area contributed by atoms with Gasteiger partial charge in [-0.2, -0.15) is 0 Å². The van der Waals surface area contributed by atoms with E-state index in [1.807, 2.05) is 85.1 Å². The first-order valence-corrected chi connectivity index (χ1v) is 10.6. The highest BCUT2D eigenvalue weighted by molar-refractivity contribution is 6.30. The zero-order valence-corrected chi connectivity index (χ0v) is 18.4. The molecule has 1 amide bonds. The summed E-state index contributed by atoms with van der Waals surface area (Å²) in [5.41, 5.74) is 12.0. The summed E-state index contributed by atoms with van der Waals surface area (Å²) in [6.45, 7) is 4.31. The van der Waals surface area contributed by atoms with Crippen LogP contribution in [0.2, 0.25) is 5.02 Å². The van der Waals surface area contributed by atoms with Gasteiger partial charge in [-0.1, -0.05) is 47.5 Å². The van der Waals surface area contributed by atoms with Gasteiger partial charge in [0.25, 0.3) is 0 Å². The van der Waals surface area contributed by atoms with Crippen LogP contribution < -0.4 is 11.1 Å². The number of aryl methyl sites for hydroxylation is 2. The van der Waals surface area contributed by atoms with E-state index in [-0.39, 0.29) is 18.4 Å². The van der Waals surface area contributed by atoms with Gasteiger partial charge in [-0.05, 0) is 67.8 Å². The number of amides is 1. The largest absolute Gasteiger partial charge is 0.330 e. The predicted octanol–water partition coefficient (Wildman–Crippen LogP) is 5.05. The van der Waals surface area contributed by atoms with Crippen molar-refractivity contribution in [3.05, 3.63) is 88.4 Å². The van der Waals surface area contributed by atoms with Crippen molar-refractivity contribution >= 4 is 34.5 Å². The molecule has 0 saturated carbocycles. The lowest BCUT2D eigenvalue weighted by molar-refractivity contribution is -0.119. The maximum atomic E-state index is 13.1. The quantitative estimate of drug-likeness (QED) is 0.447. The number of fused-ring (bicyclic) bond motifs is 1. The molecule has 0 aliphatic heterocycles. The molecule has 1 unspecified atom stereocenters. The van der Waals surface area contributed by atoms with Crippen molar-refractivity contribution in [1.82, 2.24) is 9.55 Å². The number of rotatable bonds is 6. The molecule has 1 atom stereocenters. The van der Waals surface area contributed by atoms with Crippen molar-refractivity contribution in [3.8, 4) is 5.69 Å². The van der Waals surface area contributed by atoms with E-state index in [4.69, 9.17) is 22.3 Å². The third kappa shape index (κ3) is 4.63. The van der Waals surface area contributed by atoms with Gasteiger partial charge in [0.15, 0.2) is 0 Å². The van der Waals surface area contributed by atoms with E-state index < -0.39 is 0 Å². The van der Waals surface area contributed by atoms with Gasteiger partial charge in [0.05, 0.1) is 17.0 Å². The first-order chi connectivity index (χ1) is 14.9. The molecule has 0 aliphatic rings. The van der Waals surface area contributed by atoms with Gasteiger partial charge in [-0.3, -0.25) is 14.7 Å². The van der Waals surface area contributed by atoms with Crippen LogP contribution >= 0.6 is 11.6 Å². The molecule has 0 saturated heterocycles. The first-order valence-electron chi connectivity index (χ1n) is 10.3. The Morgan fingerprint density at radius 2 is 1.71 bits per heavy atom. The fourth-order valence-electron chi connectivity index (χ4n) is 3.63. The van der Waals surface area contributed by atoms with Gasteiger partial charge in [0, 0.05) is 17.3 Å². The Bertz CT molecular complexity index is 1210. The molecule has 1 aromatic heterocycles. The van der Waals surface area contributed by atoms with Crippen molar-refractivity contribution < 1.29 is 4.79 Å². The van der Waals surface area contributed by atoms with E-state index >= 15 is 0 Å². The number of halogens is 1. The summed E-state index contributed by atoms with van der Waals surface area (Å²) in [6, 6.07) is 21.7. The van der Waals surface area contributed by atoms with Crippen LogP contribution in [0.4, 0.5) is 5.95 Å². The summed E-state index contributed by atoms with van der Waals surface area (Å²) in [5.74, 6) is -0.0453. The average Bonchev–Trinajstić information content (AvgIpc) is 3.10. The standard InChI is InChI=1S/C25H25ClN4O/c1-16-3-10-21(11-4-16)30-23-12-5-17(2)13-22(23)28-25(30)29-24(31)19(15-27)14-18-6-8-20(26)9-7-18/h3-13,19H,14-15,27H2,1-2H3,(H,28,29,31). The molecule has 158 valence electrons. The van der Waals surface area contributed by atoms with Gasteiger partial charge >= 0.3 is 0 Å². The first kappa shape index (κ1) is 21.1. The number of hydrogen-bond acceptors (Lipinski definition) is 3. The minimum absolute atomic E-state index is 0.155. The number of nitrogens with zero attached hydrogens (tertiary/aromatic N) is 2. The van der Waals surface area contributed by atoms with E-state index in [1.165, 1.54) is 5.56 Å². The Kier molecular flexibility index (Phi) is 6.07. The number of benzene rings is 3. The highest BCUT2D eigenvalue weighted by Crippen LogP contribution is 2.26. The summed E-state index contributed by atoms with van der Waals surface area (Å²) in [7, 11) is 0. The fraction of sp³-hybridized carbons (Fsp3) is 0.200. The van der Waals surface area contributed by atoms with E-state index in [0.29, 0.717) is 17.4 Å². The van der Waals surface area contributed by atoms with Crippen molar-refractivity contribution in [3.63, 3.8) is 0 Å². The second-order valence-corrected chi connectivity index (χ2v) is 8.29. The summed E-state index contributed by atoms with van der Waals surface area (Å²) in [5, 5.41) is 3.69. The molecule has 4 aromatic rings. The number of hydrogen-bond donors (Lipinski definition) is 2. The molecule has 3 N–H and O–H groups in total. The van der Waals surface area contributed by atoms with Crippen molar-refractivity contribution in [2.45, 2.75) is 20.3 Å². The number of imidazole rings is 1. The van der Waals surface area contributed by atoms with E-state index in [0.717, 1.165) is 27.8 Å². The molecule has 4 rings (SSSR count). The summed E-state index contributed by atoms with van der Waals surface area (Å²) in [6.07, 6.45) is 0.531. The number of anilines is 1. The SMILES string of the molecule is Cc1ccc(-n2c(NC(=O)C(CN)Cc3ccc(Cl)cc3)nc3cc(C)ccc32)cc1. The van der Waals surface area contributed by atoms with Crippen LogP contribution in [0.5, 0.6) is 0 Å². The second-order valence-electron chi connectivity index (χ2n) is 7.85. The molecule has 0 spiro atoms. The van der Waals surface area contributed by atoms with Crippen LogP contribution in [0.3, 0.4) is 0 Å². The number of nitrogens with one attached hydrogen (secondary N) is 1. The second kappa shape index (κ2) is 8.92. The van der Waals surface area contributed by atoms with Crippen LogP contribution in [0.25, 0.3) is 16.7 Å². The average molecular weight is 433 g/mol. The summed E-state index contributed by atoms with van der Waals surface area (Å²) in [4.78, 5) is 17.8. The number of aromatic nitrogens is 2. The van der Waals surface area contributed by atoms with Crippen LogP contribution in [-0.4, -0.2) is 22.0 Å². The molecular weight excluding hydrogens is 408 g/mol. The van der Waals surface area contributed by atoms with Gasteiger partial charge in [0.1, 0.15) is 0 Å². The van der Waals surface area contributed by atoms with E-state index in [1.54, 1.807) is 0 Å². The maximum absolute atomic E-state index is 13.1. The zero-order chi connectivity index (χ0) is 22.0. The number of carbonyl (C=O) groups is 1. The van der Waals surface area contributed by atoms with Gasteiger partial charge in [-0.25, -0.2) is 4.98 Å². The zero-order valence-electron chi connectivity index (χ0n) is 17.6. The Morgan fingerprint density at radius 3 is 2.39 bits per heavy atom. The molecule has 0 radical (unpaired) electrons. The molecule has 3 aromatic carbocycles. The molecule has 31 heavy (non-hydrogen) atoms. The van der Waals surface area contributed by atoms with Gasteiger partial charge in [0.2, 0.25) is 11.9 Å². The van der Waals surface area contributed by atoms with Crippen LogP contribution in [0, 0.1) is 19.8 Å². The van der Waals surface area contributed by atoms with Gasteiger partial charge < -0.3 is 5.73 Å². The fourth-order valence-corrected chi connectivity index (χ4v) is 3.76. The lowest BCUT2D eigenvalue weighted by atomic mass is 9.99. The monoisotopic (exact) mass is 432 g/mol. The normalized spacial score (nSPS) is 12.1. The number of carbonyl (C=O) groups excluding carboxylic acids is 1. The van der Waals surface area contributed by atoms with Crippen LogP contribution in [0.1, 0.15) is 16.7 Å². The third-order valence-corrected chi connectivity index (χ3v) is 5.64. The van der Waals surface area contributed by atoms with E-state index in [2.05, 4.69) is 5.32 Å². The Hall–Kier alpha value is -3.15. The Morgan fingerprint density at radius 1 is 1.03 bits per heavy atom. The highest BCUT2D eigenvalue weighted by atomic mass is 35.5. The molecule has 1 heterocycles. The number of nitrogens with two attached hydrogens (primary N) is 1. The van der Waals surface area contributed by atoms with Gasteiger partial charge in [-0.15, -0.1) is 0 Å². The minimum atomic E-state index is -0.380. The molecule has 0 aliphatic carbocycles. The van der Waals surface area contributed by atoms with Crippen LogP contribution in [-0.2, 0) is 11.2 Å². The van der Waals surface area contributed by atoms with Crippen molar-refractivity contribution in [1.29, 1.82) is 0 Å². The molecule has 5 nitrogen and oxygen atoms in total. The Labute approximate surface area is 186 Å². The maximum Gasteiger partial charge on any atom is 0.231 e. The smallest absolute Gasteiger partial charge is 0.231 e. The third-order valence-electron chi connectivity index (χ3n) is 5.39.